The van der Waals surface area contributed by atoms with Crippen LogP contribution in [-0.2, 0) is 6.42 Å². The second-order valence-electron chi connectivity index (χ2n) is 4.09. The van der Waals surface area contributed by atoms with E-state index in [-0.39, 0.29) is 0 Å². The number of unbranched alkanes of at least 4 members (excludes halogenated alkanes) is 1. The largest absolute Gasteiger partial charge is 0.399 e. The van der Waals surface area contributed by atoms with Crippen LogP contribution in [0, 0.1) is 0 Å². The Morgan fingerprint density at radius 2 is 2.00 bits per heavy atom. The maximum Gasteiger partial charge on any atom is 0.0314 e. The molecule has 0 aromatic heterocycles. The molecule has 1 aromatic rings. The van der Waals surface area contributed by atoms with Gasteiger partial charge in [0.2, 0.25) is 0 Å². The molecule has 3 N–H and O–H groups in total. The van der Waals surface area contributed by atoms with Gasteiger partial charge in [-0.3, -0.25) is 0 Å². The zero-order valence-corrected chi connectivity index (χ0v) is 10.3. The highest BCUT2D eigenvalue weighted by Crippen LogP contribution is 2.05. The molecule has 16 heavy (non-hydrogen) atoms. The van der Waals surface area contributed by atoms with Gasteiger partial charge in [-0.1, -0.05) is 31.6 Å². The van der Waals surface area contributed by atoms with Crippen molar-refractivity contribution in [3.05, 3.63) is 41.6 Å². The predicted molar refractivity (Wildman–Crippen MR) is 71.2 cm³/mol. The highest BCUT2D eigenvalue weighted by Gasteiger charge is 1.93. The Morgan fingerprint density at radius 1 is 1.31 bits per heavy atom. The lowest BCUT2D eigenvalue weighted by atomic mass is 10.1. The van der Waals surface area contributed by atoms with Gasteiger partial charge in [0.1, 0.15) is 0 Å². The third-order valence-electron chi connectivity index (χ3n) is 2.54. The molecule has 0 radical (unpaired) electrons. The van der Waals surface area contributed by atoms with E-state index in [9.17, 15) is 0 Å². The first-order valence-electron chi connectivity index (χ1n) is 5.97. The average Bonchev–Trinajstić information content (AvgIpc) is 2.29. The minimum atomic E-state index is 0.829. The lowest BCUT2D eigenvalue weighted by Gasteiger charge is -2.06. The zero-order valence-electron chi connectivity index (χ0n) is 10.3. The van der Waals surface area contributed by atoms with E-state index in [4.69, 9.17) is 5.73 Å². The quantitative estimate of drug-likeness (QED) is 0.720. The molecule has 0 fully saturated rings. The summed E-state index contributed by atoms with van der Waals surface area (Å²) in [7, 11) is 0. The van der Waals surface area contributed by atoms with Crippen LogP contribution < -0.4 is 11.1 Å². The third-order valence-corrected chi connectivity index (χ3v) is 2.54. The fourth-order valence-electron chi connectivity index (χ4n) is 1.52. The summed E-state index contributed by atoms with van der Waals surface area (Å²) in [4.78, 5) is 0. The molecule has 0 bridgehead atoms. The third kappa shape index (κ3) is 4.87. The molecule has 0 unspecified atom stereocenters. The summed E-state index contributed by atoms with van der Waals surface area (Å²) in [5.41, 5.74) is 9.06. The van der Waals surface area contributed by atoms with Gasteiger partial charge < -0.3 is 11.1 Å². The van der Waals surface area contributed by atoms with Crippen molar-refractivity contribution >= 4 is 5.69 Å². The molecule has 0 amide bonds. The SMILES string of the molecule is CCCC=C(C)NCCc1ccc(N)cc1. The Hall–Kier alpha value is -1.44. The summed E-state index contributed by atoms with van der Waals surface area (Å²) in [6.07, 6.45) is 5.65. The Balaban J connectivity index is 2.27. The predicted octanol–water partition coefficient (Wildman–Crippen LogP) is 3.10. The number of rotatable bonds is 6. The number of benzene rings is 1. The van der Waals surface area contributed by atoms with E-state index >= 15 is 0 Å². The van der Waals surface area contributed by atoms with Gasteiger partial charge >= 0.3 is 0 Å². The monoisotopic (exact) mass is 218 g/mol. The normalized spacial score (nSPS) is 11.5. The van der Waals surface area contributed by atoms with E-state index in [2.05, 4.69) is 37.4 Å². The Kier molecular flexibility index (Phi) is 5.48. The number of anilines is 1. The molecule has 0 aliphatic heterocycles. The van der Waals surface area contributed by atoms with Crippen molar-refractivity contribution in [2.45, 2.75) is 33.1 Å². The van der Waals surface area contributed by atoms with Crippen LogP contribution in [0.25, 0.3) is 0 Å². The number of nitrogens with two attached hydrogens (primary N) is 1. The van der Waals surface area contributed by atoms with Crippen molar-refractivity contribution in [1.29, 1.82) is 0 Å². The number of hydrogen-bond donors (Lipinski definition) is 2. The summed E-state index contributed by atoms with van der Waals surface area (Å²) < 4.78 is 0. The van der Waals surface area contributed by atoms with Crippen molar-refractivity contribution < 1.29 is 0 Å². The van der Waals surface area contributed by atoms with Crippen LogP contribution >= 0.6 is 0 Å². The molecule has 0 saturated carbocycles. The molecule has 1 aromatic carbocycles. The minimum Gasteiger partial charge on any atom is -0.399 e. The van der Waals surface area contributed by atoms with E-state index in [1.54, 1.807) is 0 Å². The highest BCUT2D eigenvalue weighted by atomic mass is 14.9. The molecule has 2 nitrogen and oxygen atoms in total. The van der Waals surface area contributed by atoms with Crippen molar-refractivity contribution in [2.24, 2.45) is 0 Å². The van der Waals surface area contributed by atoms with Crippen molar-refractivity contribution in [3.8, 4) is 0 Å². The van der Waals surface area contributed by atoms with Gasteiger partial charge in [-0.05, 0) is 37.5 Å². The fourth-order valence-corrected chi connectivity index (χ4v) is 1.52. The Bertz CT molecular complexity index is 325. The van der Waals surface area contributed by atoms with E-state index in [1.165, 1.54) is 17.7 Å². The molecule has 2 heteroatoms. The van der Waals surface area contributed by atoms with Crippen molar-refractivity contribution in [2.75, 3.05) is 12.3 Å². The standard InChI is InChI=1S/C14H22N2/c1-3-4-5-12(2)16-11-10-13-6-8-14(15)9-7-13/h5-9,16H,3-4,10-11,15H2,1-2H3. The topological polar surface area (TPSA) is 38.0 Å². The highest BCUT2D eigenvalue weighted by molar-refractivity contribution is 5.39. The zero-order chi connectivity index (χ0) is 11.8. The van der Waals surface area contributed by atoms with Crippen LogP contribution in [0.2, 0.25) is 0 Å². The smallest absolute Gasteiger partial charge is 0.0314 e. The van der Waals surface area contributed by atoms with Crippen LogP contribution in [0.1, 0.15) is 32.3 Å². The van der Waals surface area contributed by atoms with Crippen LogP contribution in [-0.4, -0.2) is 6.54 Å². The van der Waals surface area contributed by atoms with Crippen LogP contribution in [0.5, 0.6) is 0 Å². The van der Waals surface area contributed by atoms with E-state index in [0.29, 0.717) is 0 Å². The first kappa shape index (κ1) is 12.6. The van der Waals surface area contributed by atoms with Gasteiger partial charge in [0.25, 0.3) is 0 Å². The van der Waals surface area contributed by atoms with Crippen LogP contribution in [0.15, 0.2) is 36.0 Å². The van der Waals surface area contributed by atoms with E-state index < -0.39 is 0 Å². The number of allylic oxidation sites excluding steroid dienone is 2. The molecule has 88 valence electrons. The first-order chi connectivity index (χ1) is 7.72. The maximum absolute atomic E-state index is 5.63. The fraction of sp³-hybridized carbons (Fsp3) is 0.429. The lowest BCUT2D eigenvalue weighted by molar-refractivity contribution is 0.777. The molecule has 0 atom stereocenters. The second kappa shape index (κ2) is 6.94. The Morgan fingerprint density at radius 3 is 2.62 bits per heavy atom. The van der Waals surface area contributed by atoms with Gasteiger partial charge in [-0.15, -0.1) is 0 Å². The summed E-state index contributed by atoms with van der Waals surface area (Å²) in [6.45, 7) is 5.30. The van der Waals surface area contributed by atoms with E-state index in [0.717, 1.165) is 25.1 Å². The average molecular weight is 218 g/mol. The van der Waals surface area contributed by atoms with Gasteiger partial charge in [0, 0.05) is 17.9 Å². The summed E-state index contributed by atoms with van der Waals surface area (Å²) >= 11 is 0. The van der Waals surface area contributed by atoms with Crippen LogP contribution in [0.4, 0.5) is 5.69 Å². The second-order valence-corrected chi connectivity index (χ2v) is 4.09. The number of hydrogen-bond acceptors (Lipinski definition) is 2. The molecule has 1 rings (SSSR count). The molecule has 0 aliphatic rings. The molecule has 0 heterocycles. The van der Waals surface area contributed by atoms with Gasteiger partial charge in [0.05, 0.1) is 0 Å². The first-order valence-corrected chi connectivity index (χ1v) is 5.97. The van der Waals surface area contributed by atoms with E-state index in [1.807, 2.05) is 12.1 Å². The number of nitrogen functional groups attached to an aromatic ring is 1. The summed E-state index contributed by atoms with van der Waals surface area (Å²) in [5.74, 6) is 0. The van der Waals surface area contributed by atoms with Gasteiger partial charge in [-0.2, -0.15) is 0 Å². The molecule has 0 aliphatic carbocycles. The number of nitrogens with one attached hydrogen (secondary N) is 1. The van der Waals surface area contributed by atoms with Crippen molar-refractivity contribution in [1.82, 2.24) is 5.32 Å². The van der Waals surface area contributed by atoms with Gasteiger partial charge in [0.15, 0.2) is 0 Å². The van der Waals surface area contributed by atoms with Crippen molar-refractivity contribution in [3.63, 3.8) is 0 Å². The van der Waals surface area contributed by atoms with Crippen LogP contribution in [0.3, 0.4) is 0 Å². The molecule has 0 saturated heterocycles. The molecular formula is C14H22N2. The maximum atomic E-state index is 5.63. The minimum absolute atomic E-state index is 0.829. The molecular weight excluding hydrogens is 196 g/mol. The van der Waals surface area contributed by atoms with Gasteiger partial charge in [-0.25, -0.2) is 0 Å². The summed E-state index contributed by atoms with van der Waals surface area (Å²) in [5, 5.41) is 3.41. The molecule has 0 spiro atoms. The lowest BCUT2D eigenvalue weighted by Crippen LogP contribution is -2.14. The summed E-state index contributed by atoms with van der Waals surface area (Å²) in [6, 6.07) is 8.08. The Labute approximate surface area is 98.6 Å².